The molecule has 0 aliphatic rings. The van der Waals surface area contributed by atoms with Crippen molar-refractivity contribution in [1.29, 1.82) is 0 Å². The van der Waals surface area contributed by atoms with E-state index in [1.54, 1.807) is 24.3 Å². The number of nitrogens with zero attached hydrogens (tertiary/aromatic N) is 2. The minimum Gasteiger partial charge on any atom is -0.378 e. The molecule has 0 saturated carbocycles. The van der Waals surface area contributed by atoms with Crippen LogP contribution in [0.15, 0.2) is 54.6 Å². The summed E-state index contributed by atoms with van der Waals surface area (Å²) in [7, 11) is 4.00. The standard InChI is InChI=1S/C24H26ClN3O2S/c1-5-28(15-17-10-12-18(13-11-17)27(3)4)24(30)22-16(2)14-21(31-22)26-23(29)19-8-6-7-9-20(19)25/h6-14H,5,15H2,1-4H3,(H,26,29). The molecule has 1 N–H and O–H groups in total. The maximum absolute atomic E-state index is 13.2. The highest BCUT2D eigenvalue weighted by Gasteiger charge is 2.21. The molecule has 0 spiro atoms. The number of thiophene rings is 1. The number of amides is 2. The number of carbonyl (C=O) groups excluding carboxylic acids is 2. The van der Waals surface area contributed by atoms with Gasteiger partial charge in [-0.2, -0.15) is 0 Å². The second kappa shape index (κ2) is 9.98. The van der Waals surface area contributed by atoms with Gasteiger partial charge in [0.15, 0.2) is 0 Å². The molecule has 162 valence electrons. The minimum atomic E-state index is -0.292. The van der Waals surface area contributed by atoms with Crippen LogP contribution in [-0.4, -0.2) is 37.4 Å². The van der Waals surface area contributed by atoms with Crippen molar-refractivity contribution in [2.45, 2.75) is 20.4 Å². The fourth-order valence-corrected chi connectivity index (χ4v) is 4.43. The van der Waals surface area contributed by atoms with Gasteiger partial charge in [-0.15, -0.1) is 11.3 Å². The number of nitrogens with one attached hydrogen (secondary N) is 1. The zero-order chi connectivity index (χ0) is 22.5. The summed E-state index contributed by atoms with van der Waals surface area (Å²) in [6.45, 7) is 4.97. The Morgan fingerprint density at radius 3 is 2.35 bits per heavy atom. The van der Waals surface area contributed by atoms with Crippen LogP contribution in [0.5, 0.6) is 0 Å². The minimum absolute atomic E-state index is 0.0417. The zero-order valence-electron chi connectivity index (χ0n) is 18.1. The van der Waals surface area contributed by atoms with E-state index in [1.807, 2.05) is 68.1 Å². The van der Waals surface area contributed by atoms with E-state index < -0.39 is 0 Å². The Kier molecular flexibility index (Phi) is 7.36. The Morgan fingerprint density at radius 1 is 1.06 bits per heavy atom. The third kappa shape index (κ3) is 5.46. The van der Waals surface area contributed by atoms with Gasteiger partial charge in [0.25, 0.3) is 11.8 Å². The highest BCUT2D eigenvalue weighted by atomic mass is 35.5. The van der Waals surface area contributed by atoms with E-state index in [0.29, 0.717) is 33.6 Å². The van der Waals surface area contributed by atoms with Crippen LogP contribution in [0.3, 0.4) is 0 Å². The number of hydrogen-bond donors (Lipinski definition) is 1. The van der Waals surface area contributed by atoms with Crippen LogP contribution in [0, 0.1) is 6.92 Å². The van der Waals surface area contributed by atoms with Gasteiger partial charge in [-0.05, 0) is 55.3 Å². The fourth-order valence-electron chi connectivity index (χ4n) is 3.17. The first-order chi connectivity index (χ1) is 14.8. The predicted octanol–water partition coefficient (Wildman–Crippen LogP) is 5.69. The molecule has 0 unspecified atom stereocenters. The molecular weight excluding hydrogens is 430 g/mol. The van der Waals surface area contributed by atoms with E-state index in [1.165, 1.54) is 11.3 Å². The summed E-state index contributed by atoms with van der Waals surface area (Å²) in [5.41, 5.74) is 3.43. The van der Waals surface area contributed by atoms with Crippen LogP contribution in [0.25, 0.3) is 0 Å². The van der Waals surface area contributed by atoms with Gasteiger partial charge < -0.3 is 15.1 Å². The summed E-state index contributed by atoms with van der Waals surface area (Å²) in [4.78, 5) is 30.2. The topological polar surface area (TPSA) is 52.6 Å². The van der Waals surface area contributed by atoms with Gasteiger partial charge in [0.2, 0.25) is 0 Å². The SMILES string of the molecule is CCN(Cc1ccc(N(C)C)cc1)C(=O)c1sc(NC(=O)c2ccccc2Cl)cc1C. The predicted molar refractivity (Wildman–Crippen MR) is 130 cm³/mol. The number of aryl methyl sites for hydroxylation is 1. The second-order valence-corrected chi connectivity index (χ2v) is 8.90. The zero-order valence-corrected chi connectivity index (χ0v) is 19.7. The van der Waals surface area contributed by atoms with Crippen molar-refractivity contribution in [3.8, 4) is 0 Å². The molecule has 0 bridgehead atoms. The molecule has 3 rings (SSSR count). The van der Waals surface area contributed by atoms with E-state index in [4.69, 9.17) is 11.6 Å². The molecule has 0 fully saturated rings. The van der Waals surface area contributed by atoms with Crippen LogP contribution in [0.4, 0.5) is 10.7 Å². The van der Waals surface area contributed by atoms with Crippen molar-refractivity contribution in [2.24, 2.45) is 0 Å². The normalized spacial score (nSPS) is 10.6. The number of carbonyl (C=O) groups is 2. The fraction of sp³-hybridized carbons (Fsp3) is 0.250. The molecule has 0 atom stereocenters. The van der Waals surface area contributed by atoms with E-state index in [2.05, 4.69) is 5.32 Å². The molecule has 2 amide bonds. The summed E-state index contributed by atoms with van der Waals surface area (Å²) in [5, 5.41) is 3.87. The van der Waals surface area contributed by atoms with Gasteiger partial charge in [0, 0.05) is 32.9 Å². The molecule has 7 heteroatoms. The average Bonchev–Trinajstić information content (AvgIpc) is 3.11. The van der Waals surface area contributed by atoms with Crippen molar-refractivity contribution in [3.63, 3.8) is 0 Å². The molecule has 0 aliphatic heterocycles. The maximum atomic E-state index is 13.2. The molecule has 1 aromatic heterocycles. The lowest BCUT2D eigenvalue weighted by Gasteiger charge is -2.21. The number of rotatable bonds is 7. The molecule has 2 aromatic carbocycles. The van der Waals surface area contributed by atoms with Gasteiger partial charge in [-0.1, -0.05) is 35.9 Å². The molecule has 5 nitrogen and oxygen atoms in total. The van der Waals surface area contributed by atoms with Crippen molar-refractivity contribution in [2.75, 3.05) is 30.9 Å². The third-order valence-electron chi connectivity index (χ3n) is 4.96. The highest BCUT2D eigenvalue weighted by molar-refractivity contribution is 7.18. The first-order valence-corrected chi connectivity index (χ1v) is 11.2. The maximum Gasteiger partial charge on any atom is 0.264 e. The van der Waals surface area contributed by atoms with Crippen LogP contribution in [-0.2, 0) is 6.54 Å². The van der Waals surface area contributed by atoms with Gasteiger partial charge in [-0.3, -0.25) is 9.59 Å². The Labute approximate surface area is 192 Å². The van der Waals surface area contributed by atoms with Gasteiger partial charge in [0.1, 0.15) is 0 Å². The first kappa shape index (κ1) is 22.8. The van der Waals surface area contributed by atoms with Crippen LogP contribution >= 0.6 is 22.9 Å². The molecule has 1 heterocycles. The Hall–Kier alpha value is -2.83. The Bertz CT molecular complexity index is 1080. The van der Waals surface area contributed by atoms with Crippen molar-refractivity contribution >= 4 is 45.4 Å². The molecule has 0 radical (unpaired) electrons. The van der Waals surface area contributed by atoms with Crippen molar-refractivity contribution in [3.05, 3.63) is 81.2 Å². The second-order valence-electron chi connectivity index (χ2n) is 7.44. The lowest BCUT2D eigenvalue weighted by molar-refractivity contribution is 0.0756. The first-order valence-electron chi connectivity index (χ1n) is 10.0. The summed E-state index contributed by atoms with van der Waals surface area (Å²) in [6.07, 6.45) is 0. The Balaban J connectivity index is 1.74. The van der Waals surface area contributed by atoms with Crippen molar-refractivity contribution < 1.29 is 9.59 Å². The Morgan fingerprint density at radius 2 is 1.74 bits per heavy atom. The van der Waals surface area contributed by atoms with E-state index in [9.17, 15) is 9.59 Å². The molecular formula is C24H26ClN3O2S. The van der Waals surface area contributed by atoms with Crippen LogP contribution in [0.1, 0.15) is 38.1 Å². The number of benzene rings is 2. The number of halogens is 1. The number of anilines is 2. The van der Waals surface area contributed by atoms with Crippen molar-refractivity contribution in [1.82, 2.24) is 4.90 Å². The summed E-state index contributed by atoms with van der Waals surface area (Å²) in [6, 6.07) is 16.9. The van der Waals surface area contributed by atoms with Gasteiger partial charge in [0.05, 0.1) is 20.5 Å². The highest BCUT2D eigenvalue weighted by Crippen LogP contribution is 2.29. The van der Waals surface area contributed by atoms with Crippen LogP contribution in [0.2, 0.25) is 5.02 Å². The van der Waals surface area contributed by atoms with E-state index in [0.717, 1.165) is 16.8 Å². The lowest BCUT2D eigenvalue weighted by Crippen LogP contribution is -2.30. The average molecular weight is 456 g/mol. The van der Waals surface area contributed by atoms with Gasteiger partial charge in [-0.25, -0.2) is 0 Å². The monoisotopic (exact) mass is 455 g/mol. The third-order valence-corrected chi connectivity index (χ3v) is 6.43. The van der Waals surface area contributed by atoms with E-state index >= 15 is 0 Å². The molecule has 0 saturated heterocycles. The summed E-state index contributed by atoms with van der Waals surface area (Å²) in [5.74, 6) is -0.334. The van der Waals surface area contributed by atoms with Gasteiger partial charge >= 0.3 is 0 Å². The largest absolute Gasteiger partial charge is 0.378 e. The lowest BCUT2D eigenvalue weighted by atomic mass is 10.1. The quantitative estimate of drug-likeness (QED) is 0.497. The molecule has 3 aromatic rings. The molecule has 0 aliphatic carbocycles. The summed E-state index contributed by atoms with van der Waals surface area (Å²) < 4.78 is 0. The smallest absolute Gasteiger partial charge is 0.264 e. The summed E-state index contributed by atoms with van der Waals surface area (Å²) >= 11 is 7.40. The number of hydrogen-bond acceptors (Lipinski definition) is 4. The molecule has 31 heavy (non-hydrogen) atoms. The van der Waals surface area contributed by atoms with Crippen LogP contribution < -0.4 is 10.2 Å². The van der Waals surface area contributed by atoms with E-state index in [-0.39, 0.29) is 11.8 Å².